The molecule has 0 unspecified atom stereocenters. The van der Waals surface area contributed by atoms with Gasteiger partial charge in [0.2, 0.25) is 17.7 Å². The second-order valence-electron chi connectivity index (χ2n) is 9.65. The van der Waals surface area contributed by atoms with Crippen LogP contribution in [0.2, 0.25) is 0 Å². The van der Waals surface area contributed by atoms with Crippen LogP contribution in [0.4, 0.5) is 5.69 Å². The molecule has 1 aromatic heterocycles. The Balaban J connectivity index is 1.64. The second-order valence-corrected chi connectivity index (χ2v) is 9.65. The molecule has 0 aliphatic carbocycles. The molecule has 1 aliphatic rings. The highest BCUT2D eigenvalue weighted by Gasteiger charge is 2.32. The van der Waals surface area contributed by atoms with Crippen molar-refractivity contribution in [1.29, 1.82) is 0 Å². The number of nitrogens with zero attached hydrogens (tertiary/aromatic N) is 4. The first-order valence-corrected chi connectivity index (χ1v) is 13.1. The molecule has 4 amide bonds. The molecule has 1 fully saturated rings. The summed E-state index contributed by atoms with van der Waals surface area (Å²) in [5, 5.41) is 12.5. The molecule has 2 aromatic rings. The number of aryl methyl sites for hydroxylation is 1. The van der Waals surface area contributed by atoms with Crippen molar-refractivity contribution < 1.29 is 19.2 Å². The molecule has 1 aromatic carbocycles. The number of carbonyl (C=O) groups is 4. The summed E-state index contributed by atoms with van der Waals surface area (Å²) in [6.07, 6.45) is 1.84. The molecule has 0 radical (unpaired) electrons. The third-order valence-corrected chi connectivity index (χ3v) is 6.91. The van der Waals surface area contributed by atoms with Gasteiger partial charge >= 0.3 is 0 Å². The minimum absolute atomic E-state index is 0.0845. The van der Waals surface area contributed by atoms with Gasteiger partial charge in [0.25, 0.3) is 5.91 Å². The molecular weight excluding hydrogens is 486 g/mol. The number of aromatic nitrogens is 2. The number of likely N-dealkylation sites (N-methyl/N-ethyl adjacent to an activating group) is 1. The maximum Gasteiger partial charge on any atom is 0.270 e. The number of benzene rings is 1. The Labute approximate surface area is 223 Å². The summed E-state index contributed by atoms with van der Waals surface area (Å²) in [5.41, 5.74) is 1.81. The van der Waals surface area contributed by atoms with Crippen LogP contribution in [0, 0.1) is 0 Å². The first-order chi connectivity index (χ1) is 18.1. The fourth-order valence-corrected chi connectivity index (χ4v) is 4.33. The first-order valence-electron chi connectivity index (χ1n) is 13.1. The number of rotatable bonds is 10. The van der Waals surface area contributed by atoms with Gasteiger partial charge in [-0.25, -0.2) is 0 Å². The van der Waals surface area contributed by atoms with Crippen LogP contribution in [-0.2, 0) is 20.9 Å². The fraction of sp³-hybridized carbons (Fsp3) is 0.519. The summed E-state index contributed by atoms with van der Waals surface area (Å²) in [5.74, 6) is -1.27. The highest BCUT2D eigenvalue weighted by Crippen LogP contribution is 2.23. The number of hydrogen-bond donors (Lipinski definition) is 3. The monoisotopic (exact) mass is 525 g/mol. The van der Waals surface area contributed by atoms with Crippen LogP contribution in [0.25, 0.3) is 0 Å². The van der Waals surface area contributed by atoms with Gasteiger partial charge in [0.1, 0.15) is 17.8 Å². The maximum absolute atomic E-state index is 13.4. The van der Waals surface area contributed by atoms with E-state index in [0.29, 0.717) is 37.4 Å². The number of anilines is 1. The standard InChI is InChI=1S/C27H39N7O4/c1-6-23(35)31-24(27(38)33-16-14-32(5)15-17-33)18(3)20-8-10-21(11-9-20)30-25(36)19(4)29-26(37)22-12-13-28-34(22)7-2/h8-13,18-19,24H,6-7,14-17H2,1-5H3,(H,29,37)(H,30,36)(H,31,35)/t18-,19+,24-/m1/s1. The highest BCUT2D eigenvalue weighted by atomic mass is 16.2. The Morgan fingerprint density at radius 2 is 1.61 bits per heavy atom. The normalized spacial score (nSPS) is 16.3. The van der Waals surface area contributed by atoms with Crippen molar-refractivity contribution in [2.75, 3.05) is 38.5 Å². The zero-order valence-electron chi connectivity index (χ0n) is 22.9. The van der Waals surface area contributed by atoms with Crippen molar-refractivity contribution in [2.45, 2.75) is 58.7 Å². The van der Waals surface area contributed by atoms with Gasteiger partial charge in [-0.1, -0.05) is 26.0 Å². The summed E-state index contributed by atoms with van der Waals surface area (Å²) in [7, 11) is 2.03. The van der Waals surface area contributed by atoms with E-state index in [1.54, 1.807) is 42.9 Å². The molecule has 3 rings (SSSR count). The number of amides is 4. The molecule has 11 heteroatoms. The van der Waals surface area contributed by atoms with Crippen LogP contribution in [0.15, 0.2) is 36.5 Å². The Morgan fingerprint density at radius 3 is 2.21 bits per heavy atom. The van der Waals surface area contributed by atoms with Crippen LogP contribution in [-0.4, -0.2) is 88.5 Å². The lowest BCUT2D eigenvalue weighted by Gasteiger charge is -2.36. The molecule has 1 aliphatic heterocycles. The first kappa shape index (κ1) is 28.8. The molecular formula is C27H39N7O4. The van der Waals surface area contributed by atoms with E-state index in [2.05, 4.69) is 25.9 Å². The zero-order chi connectivity index (χ0) is 27.8. The lowest BCUT2D eigenvalue weighted by atomic mass is 9.91. The lowest BCUT2D eigenvalue weighted by Crippen LogP contribution is -2.55. The summed E-state index contributed by atoms with van der Waals surface area (Å²) in [6.45, 7) is 10.6. The van der Waals surface area contributed by atoms with E-state index >= 15 is 0 Å². The Bertz CT molecular complexity index is 1120. The van der Waals surface area contributed by atoms with Crippen molar-refractivity contribution in [3.63, 3.8) is 0 Å². The maximum atomic E-state index is 13.4. The number of piperazine rings is 1. The van der Waals surface area contributed by atoms with Crippen molar-refractivity contribution >= 4 is 29.3 Å². The minimum Gasteiger partial charge on any atom is -0.344 e. The Kier molecular flexibility index (Phi) is 10.0. The molecule has 1 saturated heterocycles. The smallest absolute Gasteiger partial charge is 0.270 e. The third kappa shape index (κ3) is 7.18. The van der Waals surface area contributed by atoms with Gasteiger partial charge in [-0.05, 0) is 44.7 Å². The molecule has 11 nitrogen and oxygen atoms in total. The van der Waals surface area contributed by atoms with Crippen LogP contribution in [0.5, 0.6) is 0 Å². The van der Waals surface area contributed by atoms with Crippen LogP contribution in [0.3, 0.4) is 0 Å². The number of nitrogens with one attached hydrogen (secondary N) is 3. The topological polar surface area (TPSA) is 129 Å². The number of carbonyl (C=O) groups excluding carboxylic acids is 4. The summed E-state index contributed by atoms with van der Waals surface area (Å²) in [6, 6.07) is 7.34. The highest BCUT2D eigenvalue weighted by molar-refractivity contribution is 6.00. The van der Waals surface area contributed by atoms with E-state index in [1.807, 2.05) is 37.9 Å². The molecule has 0 saturated carbocycles. The van der Waals surface area contributed by atoms with Gasteiger partial charge in [0.05, 0.1) is 0 Å². The van der Waals surface area contributed by atoms with Crippen LogP contribution < -0.4 is 16.0 Å². The van der Waals surface area contributed by atoms with E-state index < -0.39 is 12.1 Å². The van der Waals surface area contributed by atoms with E-state index in [9.17, 15) is 19.2 Å². The van der Waals surface area contributed by atoms with Gasteiger partial charge in [0.15, 0.2) is 0 Å². The molecule has 2 heterocycles. The Hall–Kier alpha value is -3.73. The van der Waals surface area contributed by atoms with Crippen molar-refractivity contribution in [2.24, 2.45) is 0 Å². The van der Waals surface area contributed by atoms with Crippen LogP contribution in [0.1, 0.15) is 56.1 Å². The van der Waals surface area contributed by atoms with Crippen molar-refractivity contribution in [1.82, 2.24) is 30.2 Å². The minimum atomic E-state index is -0.767. The quantitative estimate of drug-likeness (QED) is 0.431. The lowest BCUT2D eigenvalue weighted by molar-refractivity contribution is -0.138. The zero-order valence-corrected chi connectivity index (χ0v) is 22.9. The van der Waals surface area contributed by atoms with Crippen molar-refractivity contribution in [3.8, 4) is 0 Å². The Morgan fingerprint density at radius 1 is 0.947 bits per heavy atom. The second kappa shape index (κ2) is 13.2. The van der Waals surface area contributed by atoms with Crippen molar-refractivity contribution in [3.05, 3.63) is 47.8 Å². The SMILES string of the molecule is CCC(=O)N[C@@H](C(=O)N1CCN(C)CC1)[C@H](C)c1ccc(NC(=O)[C@H](C)NC(=O)c2ccnn2CC)cc1. The summed E-state index contributed by atoms with van der Waals surface area (Å²) < 4.78 is 1.56. The average Bonchev–Trinajstić information content (AvgIpc) is 3.41. The summed E-state index contributed by atoms with van der Waals surface area (Å²) >= 11 is 0. The molecule has 206 valence electrons. The summed E-state index contributed by atoms with van der Waals surface area (Å²) in [4.78, 5) is 54.8. The predicted molar refractivity (Wildman–Crippen MR) is 145 cm³/mol. The van der Waals surface area contributed by atoms with Crippen LogP contribution >= 0.6 is 0 Å². The molecule has 0 spiro atoms. The van der Waals surface area contributed by atoms with Gasteiger partial charge in [0, 0.05) is 56.9 Å². The largest absolute Gasteiger partial charge is 0.344 e. The molecule has 3 N–H and O–H groups in total. The number of hydrogen-bond acceptors (Lipinski definition) is 6. The fourth-order valence-electron chi connectivity index (χ4n) is 4.33. The average molecular weight is 526 g/mol. The molecule has 0 bridgehead atoms. The molecule has 3 atom stereocenters. The van der Waals surface area contributed by atoms with E-state index in [4.69, 9.17) is 0 Å². The predicted octanol–water partition coefficient (Wildman–Crippen LogP) is 1.43. The van der Waals surface area contributed by atoms with Gasteiger partial charge in [-0.15, -0.1) is 0 Å². The van der Waals surface area contributed by atoms with Gasteiger partial charge < -0.3 is 25.8 Å². The molecule has 38 heavy (non-hydrogen) atoms. The van der Waals surface area contributed by atoms with E-state index in [0.717, 1.165) is 18.7 Å². The van der Waals surface area contributed by atoms with Gasteiger partial charge in [-0.2, -0.15) is 5.10 Å². The van der Waals surface area contributed by atoms with E-state index in [-0.39, 0.29) is 29.5 Å². The van der Waals surface area contributed by atoms with E-state index in [1.165, 1.54) is 0 Å². The third-order valence-electron chi connectivity index (χ3n) is 6.91. The van der Waals surface area contributed by atoms with Gasteiger partial charge in [-0.3, -0.25) is 23.9 Å².